The van der Waals surface area contributed by atoms with Crippen LogP contribution in [0.2, 0.25) is 0 Å². The monoisotopic (exact) mass is 432 g/mol. The number of hydrogen-bond donors (Lipinski definition) is 0. The summed E-state index contributed by atoms with van der Waals surface area (Å²) in [5, 5.41) is 1.05. The SMILES string of the molecule is CCOCc1nc2cnc3ccccc3c2n1CCCCS(=O)(=O)N1CCOCC1. The van der Waals surface area contributed by atoms with Gasteiger partial charge in [-0.1, -0.05) is 18.2 Å². The van der Waals surface area contributed by atoms with Crippen molar-refractivity contribution in [1.82, 2.24) is 18.8 Å². The van der Waals surface area contributed by atoms with Gasteiger partial charge in [0.2, 0.25) is 10.0 Å². The molecule has 2 aromatic heterocycles. The zero-order chi connectivity index (χ0) is 21.0. The summed E-state index contributed by atoms with van der Waals surface area (Å²) in [6.07, 6.45) is 3.13. The number of unbranched alkanes of at least 4 members (excludes halogenated alkanes) is 1. The Morgan fingerprint density at radius 1 is 1.13 bits per heavy atom. The molecule has 1 aliphatic heterocycles. The third-order valence-corrected chi connectivity index (χ3v) is 7.35. The Hall–Kier alpha value is -2.07. The van der Waals surface area contributed by atoms with Crippen LogP contribution in [0.1, 0.15) is 25.6 Å². The molecule has 0 amide bonds. The van der Waals surface area contributed by atoms with Gasteiger partial charge in [0.05, 0.1) is 36.2 Å². The number of sulfonamides is 1. The van der Waals surface area contributed by atoms with Crippen LogP contribution in [0.25, 0.3) is 21.9 Å². The molecule has 4 rings (SSSR count). The first-order chi connectivity index (χ1) is 14.6. The lowest BCUT2D eigenvalue weighted by Crippen LogP contribution is -2.41. The predicted molar refractivity (Wildman–Crippen MR) is 116 cm³/mol. The van der Waals surface area contributed by atoms with E-state index in [9.17, 15) is 8.42 Å². The van der Waals surface area contributed by atoms with E-state index < -0.39 is 10.0 Å². The molecule has 1 fully saturated rings. The number of ether oxygens (including phenoxy) is 2. The third kappa shape index (κ3) is 4.49. The van der Waals surface area contributed by atoms with Crippen molar-refractivity contribution < 1.29 is 17.9 Å². The molecular weight excluding hydrogens is 404 g/mol. The van der Waals surface area contributed by atoms with Gasteiger partial charge in [-0.25, -0.2) is 13.4 Å². The van der Waals surface area contributed by atoms with Crippen molar-refractivity contribution in [2.24, 2.45) is 0 Å². The van der Waals surface area contributed by atoms with Crippen molar-refractivity contribution in [3.63, 3.8) is 0 Å². The van der Waals surface area contributed by atoms with Crippen molar-refractivity contribution in [1.29, 1.82) is 0 Å². The molecule has 0 radical (unpaired) electrons. The average molecular weight is 433 g/mol. The Morgan fingerprint density at radius 2 is 1.93 bits per heavy atom. The molecule has 0 unspecified atom stereocenters. The second-order valence-electron chi connectivity index (χ2n) is 7.36. The van der Waals surface area contributed by atoms with Gasteiger partial charge in [0.25, 0.3) is 0 Å². The predicted octanol–water partition coefficient (Wildman–Crippen LogP) is 2.56. The van der Waals surface area contributed by atoms with E-state index in [1.165, 1.54) is 0 Å². The second kappa shape index (κ2) is 9.38. The van der Waals surface area contributed by atoms with Gasteiger partial charge in [-0.2, -0.15) is 4.31 Å². The molecule has 1 aliphatic rings. The van der Waals surface area contributed by atoms with E-state index in [4.69, 9.17) is 14.5 Å². The van der Waals surface area contributed by atoms with Crippen molar-refractivity contribution in [3.8, 4) is 0 Å². The molecule has 9 heteroatoms. The second-order valence-corrected chi connectivity index (χ2v) is 9.45. The fourth-order valence-corrected chi connectivity index (χ4v) is 5.40. The van der Waals surface area contributed by atoms with Crippen LogP contribution in [-0.2, 0) is 32.6 Å². The van der Waals surface area contributed by atoms with Crippen molar-refractivity contribution in [3.05, 3.63) is 36.3 Å². The van der Waals surface area contributed by atoms with E-state index >= 15 is 0 Å². The zero-order valence-corrected chi connectivity index (χ0v) is 18.1. The molecule has 0 atom stereocenters. The Bertz CT molecular complexity index is 1110. The Labute approximate surface area is 176 Å². The number of morpholine rings is 1. The Balaban J connectivity index is 1.52. The number of hydrogen-bond acceptors (Lipinski definition) is 6. The molecule has 162 valence electrons. The minimum absolute atomic E-state index is 0.155. The van der Waals surface area contributed by atoms with E-state index in [0.29, 0.717) is 52.5 Å². The topological polar surface area (TPSA) is 86.6 Å². The highest BCUT2D eigenvalue weighted by Crippen LogP contribution is 2.25. The molecule has 30 heavy (non-hydrogen) atoms. The fourth-order valence-electron chi connectivity index (χ4n) is 3.86. The average Bonchev–Trinajstić information content (AvgIpc) is 3.13. The summed E-state index contributed by atoms with van der Waals surface area (Å²) in [7, 11) is -3.23. The number of rotatable bonds is 9. The summed E-state index contributed by atoms with van der Waals surface area (Å²) in [5.74, 6) is 1.00. The van der Waals surface area contributed by atoms with E-state index in [0.717, 1.165) is 34.2 Å². The summed E-state index contributed by atoms with van der Waals surface area (Å²) in [4.78, 5) is 9.25. The van der Waals surface area contributed by atoms with Crippen molar-refractivity contribution in [2.45, 2.75) is 32.9 Å². The molecule has 8 nitrogen and oxygen atoms in total. The Morgan fingerprint density at radius 3 is 2.73 bits per heavy atom. The number of imidazole rings is 1. The van der Waals surface area contributed by atoms with Crippen molar-refractivity contribution in [2.75, 3.05) is 38.7 Å². The smallest absolute Gasteiger partial charge is 0.214 e. The molecule has 0 bridgehead atoms. The summed E-state index contributed by atoms with van der Waals surface area (Å²) in [5.41, 5.74) is 2.79. The molecular formula is C21H28N4O4S. The summed E-state index contributed by atoms with van der Waals surface area (Å²) in [6.45, 7) is 5.53. The van der Waals surface area contributed by atoms with Crippen LogP contribution in [0.15, 0.2) is 30.5 Å². The summed E-state index contributed by atoms with van der Waals surface area (Å²) < 4.78 is 39.7. The minimum Gasteiger partial charge on any atom is -0.379 e. The van der Waals surface area contributed by atoms with E-state index in [2.05, 4.69) is 15.6 Å². The van der Waals surface area contributed by atoms with Crippen LogP contribution in [0.4, 0.5) is 0 Å². The quantitative estimate of drug-likeness (QED) is 0.483. The van der Waals surface area contributed by atoms with Crippen LogP contribution in [0, 0.1) is 0 Å². The lowest BCUT2D eigenvalue weighted by atomic mass is 10.2. The van der Waals surface area contributed by atoms with E-state index in [1.54, 1.807) is 10.5 Å². The maximum Gasteiger partial charge on any atom is 0.214 e. The number of benzene rings is 1. The molecule has 3 heterocycles. The highest BCUT2D eigenvalue weighted by molar-refractivity contribution is 7.89. The van der Waals surface area contributed by atoms with Crippen molar-refractivity contribution >= 4 is 32.0 Å². The van der Waals surface area contributed by atoms with Gasteiger partial charge < -0.3 is 14.0 Å². The van der Waals surface area contributed by atoms with Crippen LogP contribution < -0.4 is 0 Å². The van der Waals surface area contributed by atoms with Gasteiger partial charge in [-0.3, -0.25) is 4.98 Å². The van der Waals surface area contributed by atoms with Gasteiger partial charge in [0.15, 0.2) is 0 Å². The summed E-state index contributed by atoms with van der Waals surface area (Å²) in [6, 6.07) is 8.01. The molecule has 3 aromatic rings. The number of para-hydroxylation sites is 1. The van der Waals surface area contributed by atoms with Gasteiger partial charge in [-0.15, -0.1) is 0 Å². The molecule has 1 aromatic carbocycles. The molecule has 0 saturated carbocycles. The van der Waals surface area contributed by atoms with E-state index in [1.807, 2.05) is 25.1 Å². The molecule has 1 saturated heterocycles. The standard InChI is InChI=1S/C21H28N4O4S/c1-2-28-16-20-23-19-15-22-18-8-4-3-7-17(18)21(19)25(20)9-5-6-14-30(26,27)24-10-12-29-13-11-24/h3-4,7-8,15H,2,5-6,9-14,16H2,1H3. The number of aryl methyl sites for hydroxylation is 1. The number of fused-ring (bicyclic) bond motifs is 3. The van der Waals surface area contributed by atoms with Crippen LogP contribution in [0.5, 0.6) is 0 Å². The summed E-state index contributed by atoms with van der Waals surface area (Å²) >= 11 is 0. The Kier molecular flexibility index (Phi) is 6.62. The van der Waals surface area contributed by atoms with Crippen LogP contribution in [0.3, 0.4) is 0 Å². The molecule has 0 N–H and O–H groups in total. The highest BCUT2D eigenvalue weighted by atomic mass is 32.2. The maximum absolute atomic E-state index is 12.6. The number of nitrogens with zero attached hydrogens (tertiary/aromatic N) is 4. The first-order valence-electron chi connectivity index (χ1n) is 10.5. The lowest BCUT2D eigenvalue weighted by molar-refractivity contribution is 0.0730. The zero-order valence-electron chi connectivity index (χ0n) is 17.3. The highest BCUT2D eigenvalue weighted by Gasteiger charge is 2.23. The first-order valence-corrected chi connectivity index (χ1v) is 12.1. The number of pyridine rings is 1. The van der Waals surface area contributed by atoms with Crippen LogP contribution in [-0.4, -0.2) is 65.9 Å². The first kappa shape index (κ1) is 21.2. The number of aromatic nitrogens is 3. The van der Waals surface area contributed by atoms with Gasteiger partial charge in [-0.05, 0) is 25.8 Å². The lowest BCUT2D eigenvalue weighted by Gasteiger charge is -2.26. The normalized spacial score (nSPS) is 15.9. The molecule has 0 spiro atoms. The van der Waals surface area contributed by atoms with Gasteiger partial charge in [0, 0.05) is 31.6 Å². The largest absolute Gasteiger partial charge is 0.379 e. The fraction of sp³-hybridized carbons (Fsp3) is 0.524. The van der Waals surface area contributed by atoms with E-state index in [-0.39, 0.29) is 5.75 Å². The van der Waals surface area contributed by atoms with Gasteiger partial charge in [0.1, 0.15) is 17.9 Å². The molecule has 0 aliphatic carbocycles. The van der Waals surface area contributed by atoms with Gasteiger partial charge >= 0.3 is 0 Å². The third-order valence-electron chi connectivity index (χ3n) is 5.39. The minimum atomic E-state index is -3.23. The van der Waals surface area contributed by atoms with Crippen LogP contribution >= 0.6 is 0 Å². The maximum atomic E-state index is 12.6.